The van der Waals surface area contributed by atoms with Gasteiger partial charge in [-0.1, -0.05) is 23.4 Å². The van der Waals surface area contributed by atoms with E-state index in [0.29, 0.717) is 12.6 Å². The number of ketones is 1. The van der Waals surface area contributed by atoms with Gasteiger partial charge >= 0.3 is 0 Å². The van der Waals surface area contributed by atoms with Crippen molar-refractivity contribution in [2.45, 2.75) is 33.2 Å². The Morgan fingerprint density at radius 2 is 2.00 bits per heavy atom. The zero-order valence-electron chi connectivity index (χ0n) is 16.6. The molecule has 0 amide bonds. The summed E-state index contributed by atoms with van der Waals surface area (Å²) in [6, 6.07) is 14.5. The van der Waals surface area contributed by atoms with Crippen LogP contribution < -0.4 is 5.32 Å². The van der Waals surface area contributed by atoms with E-state index >= 15 is 0 Å². The molecule has 3 heterocycles. The van der Waals surface area contributed by atoms with E-state index in [0.717, 1.165) is 53.7 Å². The predicted molar refractivity (Wildman–Crippen MR) is 109 cm³/mol. The van der Waals surface area contributed by atoms with Gasteiger partial charge in [-0.15, -0.1) is 0 Å². The average molecular weight is 378 g/mol. The van der Waals surface area contributed by atoms with Crippen molar-refractivity contribution >= 4 is 11.5 Å². The standard InChI is InChI=1S/C22H26N4O2/c1-15-11-20(17(3)26(15)22-12-16(2)28-24-22)21(27)14-25-10-9-19(13-25)23-18-7-5-4-6-8-18/h4-8,11-12,19,23H,9-10,13-14H2,1-3H3. The van der Waals surface area contributed by atoms with Gasteiger partial charge in [0.05, 0.1) is 6.54 Å². The highest BCUT2D eigenvalue weighted by molar-refractivity contribution is 5.99. The molecule has 1 unspecified atom stereocenters. The first kappa shape index (κ1) is 18.5. The van der Waals surface area contributed by atoms with Gasteiger partial charge in [0.15, 0.2) is 11.6 Å². The number of hydrogen-bond donors (Lipinski definition) is 1. The van der Waals surface area contributed by atoms with Crippen molar-refractivity contribution < 1.29 is 9.32 Å². The number of nitrogens with zero attached hydrogens (tertiary/aromatic N) is 3. The van der Waals surface area contributed by atoms with Crippen LogP contribution in [0.4, 0.5) is 5.69 Å². The second kappa shape index (κ2) is 7.64. The van der Waals surface area contributed by atoms with Gasteiger partial charge in [-0.2, -0.15) is 0 Å². The van der Waals surface area contributed by atoms with Crippen LogP contribution in [0.5, 0.6) is 0 Å². The van der Waals surface area contributed by atoms with Crippen molar-refractivity contribution in [3.05, 3.63) is 65.2 Å². The summed E-state index contributed by atoms with van der Waals surface area (Å²) in [5, 5.41) is 7.65. The van der Waals surface area contributed by atoms with Gasteiger partial charge in [0.2, 0.25) is 0 Å². The molecular weight excluding hydrogens is 352 g/mol. The second-order valence-corrected chi connectivity index (χ2v) is 7.57. The quantitative estimate of drug-likeness (QED) is 0.662. The van der Waals surface area contributed by atoms with Gasteiger partial charge in [0.1, 0.15) is 5.76 Å². The first-order chi connectivity index (χ1) is 13.5. The minimum atomic E-state index is 0.153. The number of benzene rings is 1. The summed E-state index contributed by atoms with van der Waals surface area (Å²) in [5.74, 6) is 1.63. The number of anilines is 1. The van der Waals surface area contributed by atoms with E-state index in [1.807, 2.05) is 55.7 Å². The number of likely N-dealkylation sites (tertiary alicyclic amines) is 1. The van der Waals surface area contributed by atoms with Crippen molar-refractivity contribution in [3.8, 4) is 5.82 Å². The van der Waals surface area contributed by atoms with Crippen LogP contribution in [0.15, 0.2) is 47.0 Å². The molecule has 0 radical (unpaired) electrons. The van der Waals surface area contributed by atoms with Gasteiger partial charge in [0, 0.05) is 47.8 Å². The highest BCUT2D eigenvalue weighted by atomic mass is 16.5. The summed E-state index contributed by atoms with van der Waals surface area (Å²) in [5.41, 5.74) is 3.79. The molecule has 3 aromatic rings. The summed E-state index contributed by atoms with van der Waals surface area (Å²) < 4.78 is 7.18. The molecule has 28 heavy (non-hydrogen) atoms. The van der Waals surface area contributed by atoms with E-state index in [2.05, 4.69) is 27.5 Å². The maximum absolute atomic E-state index is 13.0. The van der Waals surface area contributed by atoms with Crippen LogP contribution in [0.1, 0.15) is 33.9 Å². The fourth-order valence-corrected chi connectivity index (χ4v) is 4.01. The molecule has 1 N–H and O–H groups in total. The highest BCUT2D eigenvalue weighted by Crippen LogP contribution is 2.22. The predicted octanol–water partition coefficient (Wildman–Crippen LogP) is 3.76. The van der Waals surface area contributed by atoms with Crippen LogP contribution in [0, 0.1) is 20.8 Å². The first-order valence-corrected chi connectivity index (χ1v) is 9.71. The van der Waals surface area contributed by atoms with Gasteiger partial charge < -0.3 is 9.84 Å². The van der Waals surface area contributed by atoms with Crippen LogP contribution >= 0.6 is 0 Å². The molecule has 6 nitrogen and oxygen atoms in total. The van der Waals surface area contributed by atoms with Gasteiger partial charge in [-0.3, -0.25) is 14.3 Å². The molecule has 4 rings (SSSR count). The second-order valence-electron chi connectivity index (χ2n) is 7.57. The van der Waals surface area contributed by atoms with Crippen molar-refractivity contribution in [1.82, 2.24) is 14.6 Å². The fraction of sp³-hybridized carbons (Fsp3) is 0.364. The normalized spacial score (nSPS) is 17.2. The van der Waals surface area contributed by atoms with E-state index in [1.165, 1.54) is 0 Å². The summed E-state index contributed by atoms with van der Waals surface area (Å²) in [7, 11) is 0. The summed E-state index contributed by atoms with van der Waals surface area (Å²) in [6.45, 7) is 8.07. The summed E-state index contributed by atoms with van der Waals surface area (Å²) in [4.78, 5) is 15.2. The molecule has 1 fully saturated rings. The van der Waals surface area contributed by atoms with Gasteiger partial charge in [-0.25, -0.2) is 0 Å². The Morgan fingerprint density at radius 1 is 1.21 bits per heavy atom. The lowest BCUT2D eigenvalue weighted by molar-refractivity contribution is 0.0944. The number of carbonyl (C=O) groups excluding carboxylic acids is 1. The van der Waals surface area contributed by atoms with Crippen molar-refractivity contribution in [2.24, 2.45) is 0 Å². The molecule has 1 atom stereocenters. The molecule has 2 aromatic heterocycles. The topological polar surface area (TPSA) is 63.3 Å². The Bertz CT molecular complexity index is 974. The SMILES string of the molecule is Cc1cc(-n2c(C)cc(C(=O)CN3CCC(Nc4ccccc4)C3)c2C)no1. The Balaban J connectivity index is 1.42. The lowest BCUT2D eigenvalue weighted by Crippen LogP contribution is -2.30. The number of Topliss-reactive ketones (excluding diaryl/α,β-unsaturated/α-hetero) is 1. The van der Waals surface area contributed by atoms with Crippen LogP contribution in [-0.2, 0) is 0 Å². The minimum Gasteiger partial charge on any atom is -0.381 e. The highest BCUT2D eigenvalue weighted by Gasteiger charge is 2.26. The Morgan fingerprint density at radius 3 is 2.71 bits per heavy atom. The van der Waals surface area contributed by atoms with Crippen molar-refractivity contribution in [2.75, 3.05) is 25.0 Å². The number of hydrogen-bond acceptors (Lipinski definition) is 5. The first-order valence-electron chi connectivity index (χ1n) is 9.71. The smallest absolute Gasteiger partial charge is 0.180 e. The Hall–Kier alpha value is -2.86. The molecule has 0 saturated carbocycles. The van der Waals surface area contributed by atoms with Crippen LogP contribution in [0.3, 0.4) is 0 Å². The third-order valence-corrected chi connectivity index (χ3v) is 5.36. The van der Waals surface area contributed by atoms with E-state index in [-0.39, 0.29) is 5.78 Å². The number of carbonyl (C=O) groups is 1. The molecule has 6 heteroatoms. The number of aryl methyl sites for hydroxylation is 2. The maximum atomic E-state index is 13.0. The number of rotatable bonds is 6. The average Bonchev–Trinajstić information content (AvgIpc) is 3.36. The van der Waals surface area contributed by atoms with E-state index in [1.54, 1.807) is 0 Å². The van der Waals surface area contributed by atoms with Crippen LogP contribution in [0.25, 0.3) is 5.82 Å². The van der Waals surface area contributed by atoms with E-state index in [9.17, 15) is 4.79 Å². The van der Waals surface area contributed by atoms with Crippen LogP contribution in [-0.4, -0.2) is 46.1 Å². The number of aromatic nitrogens is 2. The molecule has 0 aliphatic carbocycles. The van der Waals surface area contributed by atoms with E-state index in [4.69, 9.17) is 4.52 Å². The molecule has 1 saturated heterocycles. The molecule has 1 aliphatic heterocycles. The fourth-order valence-electron chi connectivity index (χ4n) is 4.01. The van der Waals surface area contributed by atoms with Gasteiger partial charge in [-0.05, 0) is 45.4 Å². The molecule has 146 valence electrons. The monoisotopic (exact) mass is 378 g/mol. The Labute approximate surface area is 165 Å². The summed E-state index contributed by atoms with van der Waals surface area (Å²) >= 11 is 0. The third-order valence-electron chi connectivity index (χ3n) is 5.36. The number of nitrogens with one attached hydrogen (secondary N) is 1. The van der Waals surface area contributed by atoms with Crippen molar-refractivity contribution in [3.63, 3.8) is 0 Å². The minimum absolute atomic E-state index is 0.153. The third kappa shape index (κ3) is 3.73. The van der Waals surface area contributed by atoms with Crippen LogP contribution in [0.2, 0.25) is 0 Å². The molecule has 1 aromatic carbocycles. The molecule has 0 bridgehead atoms. The lowest BCUT2D eigenvalue weighted by Gasteiger charge is -2.17. The lowest BCUT2D eigenvalue weighted by atomic mass is 10.1. The molecule has 1 aliphatic rings. The molecular formula is C22H26N4O2. The zero-order chi connectivity index (χ0) is 19.7. The maximum Gasteiger partial charge on any atom is 0.180 e. The van der Waals surface area contributed by atoms with Crippen molar-refractivity contribution in [1.29, 1.82) is 0 Å². The van der Waals surface area contributed by atoms with Gasteiger partial charge in [0.25, 0.3) is 0 Å². The number of para-hydroxylation sites is 1. The zero-order valence-corrected chi connectivity index (χ0v) is 16.6. The largest absolute Gasteiger partial charge is 0.381 e. The Kier molecular flexibility index (Phi) is 5.05. The molecule has 0 spiro atoms. The summed E-state index contributed by atoms with van der Waals surface area (Å²) in [6.07, 6.45) is 1.04. The van der Waals surface area contributed by atoms with E-state index < -0.39 is 0 Å².